The normalized spacial score (nSPS) is 14.9. The van der Waals surface area contributed by atoms with Crippen LogP contribution in [0.15, 0.2) is 45.9 Å². The number of hydrogen-bond acceptors (Lipinski definition) is 7. The van der Waals surface area contributed by atoms with Crippen LogP contribution in [0.25, 0.3) is 10.8 Å². The molecule has 1 aliphatic heterocycles. The Labute approximate surface area is 191 Å². The molecule has 8 nitrogen and oxygen atoms in total. The maximum atomic E-state index is 13.1. The van der Waals surface area contributed by atoms with Crippen LogP contribution >= 0.6 is 11.3 Å². The van der Waals surface area contributed by atoms with Crippen LogP contribution in [0, 0.1) is 6.92 Å². The molecule has 1 amide bonds. The van der Waals surface area contributed by atoms with Gasteiger partial charge in [-0.1, -0.05) is 6.42 Å². The maximum absolute atomic E-state index is 13.1. The average Bonchev–Trinajstić information content (AvgIpc) is 3.45. The van der Waals surface area contributed by atoms with E-state index in [0.717, 1.165) is 24.1 Å². The molecule has 0 bridgehead atoms. The Morgan fingerprint density at radius 2 is 2.03 bits per heavy atom. The minimum atomic E-state index is -3.65. The van der Waals surface area contributed by atoms with Crippen LogP contribution in [0.3, 0.4) is 0 Å². The molecule has 3 aromatic rings. The molecule has 0 spiro atoms. The summed E-state index contributed by atoms with van der Waals surface area (Å²) in [6, 6.07) is 8.10. The molecule has 0 saturated carbocycles. The number of carbonyl (C=O) groups excluding carboxylic acids is 1. The Kier molecular flexibility index (Phi) is 6.63. The number of aromatic nitrogens is 1. The number of sulfonamides is 1. The minimum Gasteiger partial charge on any atom is -0.492 e. The standard InChI is InChI=1S/C22H25N3O5S2/c1-3-29-18-10-9-16(32(27,28)25-11-5-4-6-12-25)14-17(18)23-21(26)20-15(2)31-22(24-20)19-8-7-13-30-19/h7-10,13-14H,3-6,11-12H2,1-2H3,(H,23,26). The van der Waals surface area contributed by atoms with E-state index in [-0.39, 0.29) is 10.6 Å². The summed E-state index contributed by atoms with van der Waals surface area (Å²) in [4.78, 5) is 18.3. The zero-order chi connectivity index (χ0) is 22.7. The first kappa shape index (κ1) is 22.5. The highest BCUT2D eigenvalue weighted by atomic mass is 32.2. The Morgan fingerprint density at radius 3 is 2.72 bits per heavy atom. The second-order valence-electron chi connectivity index (χ2n) is 7.41. The molecule has 1 aliphatic rings. The number of ether oxygens (including phenoxy) is 1. The second kappa shape index (κ2) is 9.43. The minimum absolute atomic E-state index is 0.129. The van der Waals surface area contributed by atoms with Gasteiger partial charge in [-0.25, -0.2) is 13.4 Å². The molecule has 0 aliphatic carbocycles. The van der Waals surface area contributed by atoms with E-state index < -0.39 is 15.9 Å². The van der Waals surface area contributed by atoms with Crippen molar-refractivity contribution in [2.24, 2.45) is 0 Å². The molecular weight excluding hydrogens is 450 g/mol. The number of amides is 1. The van der Waals surface area contributed by atoms with Gasteiger partial charge >= 0.3 is 0 Å². The molecule has 1 aromatic carbocycles. The number of aryl methyl sites for hydroxylation is 1. The molecule has 10 heteroatoms. The Balaban J connectivity index is 1.63. The van der Waals surface area contributed by atoms with Crippen LogP contribution < -0.4 is 10.1 Å². The molecule has 0 radical (unpaired) electrons. The van der Waals surface area contributed by atoms with Crippen molar-refractivity contribution in [2.45, 2.75) is 38.0 Å². The van der Waals surface area contributed by atoms with E-state index >= 15 is 0 Å². The van der Waals surface area contributed by atoms with E-state index in [9.17, 15) is 13.2 Å². The van der Waals surface area contributed by atoms with E-state index in [1.165, 1.54) is 27.8 Å². The predicted molar refractivity (Wildman–Crippen MR) is 123 cm³/mol. The van der Waals surface area contributed by atoms with Gasteiger partial charge in [0.2, 0.25) is 10.0 Å². The lowest BCUT2D eigenvalue weighted by atomic mass is 10.2. The predicted octanol–water partition coefficient (Wildman–Crippen LogP) is 4.54. The van der Waals surface area contributed by atoms with Gasteiger partial charge in [0.1, 0.15) is 11.4 Å². The monoisotopic (exact) mass is 475 g/mol. The van der Waals surface area contributed by atoms with Crippen molar-refractivity contribution >= 4 is 33.0 Å². The van der Waals surface area contributed by atoms with Gasteiger partial charge in [-0.2, -0.15) is 4.31 Å². The number of thiazole rings is 1. The highest BCUT2D eigenvalue weighted by molar-refractivity contribution is 7.89. The number of carbonyl (C=O) groups is 1. The first-order chi connectivity index (χ1) is 15.4. The topological polar surface area (TPSA) is 102 Å². The molecule has 3 heterocycles. The van der Waals surface area contributed by atoms with Crippen LogP contribution in [0.4, 0.5) is 5.69 Å². The van der Waals surface area contributed by atoms with Crippen molar-refractivity contribution in [3.05, 3.63) is 47.2 Å². The fourth-order valence-electron chi connectivity index (χ4n) is 3.60. The lowest BCUT2D eigenvalue weighted by Gasteiger charge is -2.26. The third-order valence-corrected chi connectivity index (χ3v) is 8.08. The van der Waals surface area contributed by atoms with Crippen LogP contribution in [0.1, 0.15) is 41.6 Å². The Bertz CT molecular complexity index is 1200. The highest BCUT2D eigenvalue weighted by Crippen LogP contribution is 2.32. The largest absolute Gasteiger partial charge is 0.492 e. The summed E-state index contributed by atoms with van der Waals surface area (Å²) in [5.74, 6) is 0.546. The van der Waals surface area contributed by atoms with Gasteiger partial charge in [0.05, 0.1) is 23.5 Å². The van der Waals surface area contributed by atoms with Crippen molar-refractivity contribution in [1.29, 1.82) is 0 Å². The lowest BCUT2D eigenvalue weighted by Crippen LogP contribution is -2.35. The van der Waals surface area contributed by atoms with E-state index in [1.807, 2.05) is 6.92 Å². The fourth-order valence-corrected chi connectivity index (χ4v) is 6.02. The molecule has 1 saturated heterocycles. The van der Waals surface area contributed by atoms with E-state index in [2.05, 4.69) is 10.3 Å². The number of hydrogen-bond donors (Lipinski definition) is 1. The van der Waals surface area contributed by atoms with Gasteiger partial charge in [-0.05, 0) is 57.0 Å². The Morgan fingerprint density at radius 1 is 1.25 bits per heavy atom. The third kappa shape index (κ3) is 4.57. The van der Waals surface area contributed by atoms with Crippen molar-refractivity contribution < 1.29 is 22.4 Å². The molecule has 0 atom stereocenters. The Hall–Kier alpha value is -2.69. The van der Waals surface area contributed by atoms with Crippen LogP contribution in [-0.2, 0) is 10.0 Å². The lowest BCUT2D eigenvalue weighted by molar-refractivity contribution is 0.102. The zero-order valence-electron chi connectivity index (χ0n) is 18.0. The van der Waals surface area contributed by atoms with E-state index in [0.29, 0.717) is 41.9 Å². The highest BCUT2D eigenvalue weighted by Gasteiger charge is 2.27. The zero-order valence-corrected chi connectivity index (χ0v) is 19.6. The number of benzene rings is 1. The molecule has 170 valence electrons. The van der Waals surface area contributed by atoms with Gasteiger partial charge in [-0.3, -0.25) is 4.79 Å². The molecule has 2 aromatic heterocycles. The van der Waals surface area contributed by atoms with Crippen molar-refractivity contribution in [1.82, 2.24) is 9.29 Å². The van der Waals surface area contributed by atoms with E-state index in [1.54, 1.807) is 31.4 Å². The van der Waals surface area contributed by atoms with Crippen LogP contribution in [-0.4, -0.2) is 43.3 Å². The first-order valence-electron chi connectivity index (χ1n) is 10.5. The summed E-state index contributed by atoms with van der Waals surface area (Å²) in [6.07, 6.45) is 4.28. The molecule has 32 heavy (non-hydrogen) atoms. The van der Waals surface area contributed by atoms with Gasteiger partial charge in [0, 0.05) is 18.0 Å². The molecule has 0 unspecified atom stereocenters. The van der Waals surface area contributed by atoms with Gasteiger partial charge in [-0.15, -0.1) is 11.3 Å². The smallest absolute Gasteiger partial charge is 0.275 e. The van der Waals surface area contributed by atoms with E-state index in [4.69, 9.17) is 9.15 Å². The SMILES string of the molecule is CCOc1ccc(S(=O)(=O)N2CCCCC2)cc1NC(=O)c1nc(-c2ccco2)sc1C. The number of anilines is 1. The number of nitrogens with zero attached hydrogens (tertiary/aromatic N) is 2. The van der Waals surface area contributed by atoms with Crippen molar-refractivity contribution in [3.8, 4) is 16.5 Å². The number of rotatable bonds is 7. The maximum Gasteiger partial charge on any atom is 0.275 e. The van der Waals surface area contributed by atoms with Gasteiger partial charge < -0.3 is 14.5 Å². The quantitative estimate of drug-likeness (QED) is 0.538. The number of nitrogens with one attached hydrogen (secondary N) is 1. The van der Waals surface area contributed by atoms with Crippen molar-refractivity contribution in [2.75, 3.05) is 25.0 Å². The van der Waals surface area contributed by atoms with Crippen LogP contribution in [0.2, 0.25) is 0 Å². The summed E-state index contributed by atoms with van der Waals surface area (Å²) in [5, 5.41) is 3.39. The fraction of sp³-hybridized carbons (Fsp3) is 0.364. The summed E-state index contributed by atoms with van der Waals surface area (Å²) >= 11 is 1.35. The summed E-state index contributed by atoms with van der Waals surface area (Å²) in [6.45, 7) is 5.01. The number of furan rings is 1. The van der Waals surface area contributed by atoms with Crippen LogP contribution in [0.5, 0.6) is 5.75 Å². The molecule has 1 fully saturated rings. The average molecular weight is 476 g/mol. The number of piperidine rings is 1. The summed E-state index contributed by atoms with van der Waals surface area (Å²) < 4.78 is 38.7. The molecule has 4 rings (SSSR count). The van der Waals surface area contributed by atoms with Crippen molar-refractivity contribution in [3.63, 3.8) is 0 Å². The summed E-state index contributed by atoms with van der Waals surface area (Å²) in [5.41, 5.74) is 0.551. The van der Waals surface area contributed by atoms with Gasteiger partial charge in [0.15, 0.2) is 10.8 Å². The third-order valence-electron chi connectivity index (χ3n) is 5.20. The van der Waals surface area contributed by atoms with Gasteiger partial charge in [0.25, 0.3) is 5.91 Å². The first-order valence-corrected chi connectivity index (χ1v) is 12.8. The molecular formula is C22H25N3O5S2. The second-order valence-corrected chi connectivity index (χ2v) is 10.6. The summed E-state index contributed by atoms with van der Waals surface area (Å²) in [7, 11) is -3.65. The molecule has 1 N–H and O–H groups in total.